The lowest BCUT2D eigenvalue weighted by Gasteiger charge is -2.14. The van der Waals surface area contributed by atoms with Gasteiger partial charge in [0.05, 0.1) is 21.3 Å². The molecule has 0 saturated heterocycles. The molecule has 4 aromatic rings. The molecule has 5 heteroatoms. The lowest BCUT2D eigenvalue weighted by Crippen LogP contribution is -2.17. The van der Waals surface area contributed by atoms with Gasteiger partial charge in [0.15, 0.2) is 11.5 Å². The summed E-state index contributed by atoms with van der Waals surface area (Å²) < 4.78 is 19.0. The molecule has 150 valence electrons. The summed E-state index contributed by atoms with van der Waals surface area (Å²) in [5.74, 6) is 2.21. The molecule has 0 aliphatic carbocycles. The van der Waals surface area contributed by atoms with Gasteiger partial charge in [0.2, 0.25) is 0 Å². The monoisotopic (exact) mass is 407 g/mol. The maximum atomic E-state index is 5.53. The van der Waals surface area contributed by atoms with E-state index in [1.165, 1.54) is 25.7 Å². The number of methoxy groups -OCH3 is 3. The first kappa shape index (κ1) is 19.6. The summed E-state index contributed by atoms with van der Waals surface area (Å²) in [6, 6.07) is 19.1. The summed E-state index contributed by atoms with van der Waals surface area (Å²) in [5, 5.41) is 6.26. The molecule has 0 unspecified atom stereocenters. The van der Waals surface area contributed by atoms with Gasteiger partial charge in [-0.3, -0.25) is 0 Å². The molecule has 0 aliphatic rings. The van der Waals surface area contributed by atoms with Crippen LogP contribution in [0.25, 0.3) is 20.2 Å². The molecular weight excluding hydrogens is 382 g/mol. The Bertz CT molecular complexity index is 1140. The van der Waals surface area contributed by atoms with Crippen LogP contribution in [-0.4, -0.2) is 27.9 Å². The van der Waals surface area contributed by atoms with E-state index in [0.717, 1.165) is 36.6 Å². The average molecular weight is 408 g/mol. The minimum atomic E-state index is 0.678. The first-order chi connectivity index (χ1) is 14.2. The van der Waals surface area contributed by atoms with Gasteiger partial charge in [-0.05, 0) is 36.2 Å². The Morgan fingerprint density at radius 2 is 1.48 bits per heavy atom. The van der Waals surface area contributed by atoms with Crippen molar-refractivity contribution in [1.29, 1.82) is 0 Å². The highest BCUT2D eigenvalue weighted by molar-refractivity contribution is 7.26. The summed E-state index contributed by atoms with van der Waals surface area (Å²) >= 11 is 1.87. The molecule has 1 N–H and O–H groups in total. The van der Waals surface area contributed by atoms with Gasteiger partial charge in [0, 0.05) is 32.8 Å². The van der Waals surface area contributed by atoms with Crippen molar-refractivity contribution in [2.45, 2.75) is 13.0 Å². The van der Waals surface area contributed by atoms with E-state index in [4.69, 9.17) is 14.2 Å². The topological polar surface area (TPSA) is 39.7 Å². The van der Waals surface area contributed by atoms with Gasteiger partial charge in [0.1, 0.15) is 5.75 Å². The van der Waals surface area contributed by atoms with E-state index in [1.807, 2.05) is 23.5 Å². The number of thiophene rings is 1. The number of ether oxygens (including phenoxy) is 3. The lowest BCUT2D eigenvalue weighted by molar-refractivity contribution is 0.347. The summed E-state index contributed by atoms with van der Waals surface area (Å²) in [7, 11) is 4.96. The zero-order valence-electron chi connectivity index (χ0n) is 17.0. The van der Waals surface area contributed by atoms with Gasteiger partial charge in [0.25, 0.3) is 0 Å². The van der Waals surface area contributed by atoms with Crippen molar-refractivity contribution in [3.8, 4) is 17.2 Å². The van der Waals surface area contributed by atoms with Crippen LogP contribution in [0.2, 0.25) is 0 Å². The summed E-state index contributed by atoms with van der Waals surface area (Å²) in [6.45, 7) is 1.67. The van der Waals surface area contributed by atoms with Crippen LogP contribution in [0.3, 0.4) is 0 Å². The quantitative estimate of drug-likeness (QED) is 0.396. The van der Waals surface area contributed by atoms with Crippen molar-refractivity contribution < 1.29 is 14.2 Å². The molecule has 4 rings (SSSR count). The van der Waals surface area contributed by atoms with Crippen LogP contribution in [-0.2, 0) is 13.0 Å². The van der Waals surface area contributed by atoms with Crippen LogP contribution in [0.1, 0.15) is 11.1 Å². The highest BCUT2D eigenvalue weighted by Crippen LogP contribution is 2.36. The molecule has 0 aliphatic heterocycles. The number of fused-ring (bicyclic) bond motifs is 3. The van der Waals surface area contributed by atoms with Gasteiger partial charge in [-0.25, -0.2) is 0 Å². The first-order valence-corrected chi connectivity index (χ1v) is 10.5. The molecule has 0 radical (unpaired) electrons. The second-order valence-electron chi connectivity index (χ2n) is 6.84. The Balaban J connectivity index is 1.47. The van der Waals surface area contributed by atoms with Crippen LogP contribution < -0.4 is 19.5 Å². The van der Waals surface area contributed by atoms with Crippen LogP contribution in [0.5, 0.6) is 17.2 Å². The van der Waals surface area contributed by atoms with E-state index in [0.29, 0.717) is 5.75 Å². The maximum absolute atomic E-state index is 5.53. The molecule has 0 amide bonds. The molecule has 0 bridgehead atoms. The largest absolute Gasteiger partial charge is 0.496 e. The average Bonchev–Trinajstić information content (AvgIpc) is 3.15. The van der Waals surface area contributed by atoms with Crippen molar-refractivity contribution in [2.24, 2.45) is 0 Å². The zero-order chi connectivity index (χ0) is 20.2. The molecule has 3 aromatic carbocycles. The SMILES string of the molecule is COc1cc(OC)c(OC)cc1CCNCc1cccc2c1sc1ccccc12. The number of hydrogen-bond donors (Lipinski definition) is 1. The lowest BCUT2D eigenvalue weighted by atomic mass is 10.1. The third kappa shape index (κ3) is 3.88. The summed E-state index contributed by atoms with van der Waals surface area (Å²) in [6.07, 6.45) is 0.839. The van der Waals surface area contributed by atoms with E-state index in [1.54, 1.807) is 21.3 Å². The second-order valence-corrected chi connectivity index (χ2v) is 7.89. The number of benzene rings is 3. The highest BCUT2D eigenvalue weighted by Gasteiger charge is 2.12. The predicted molar refractivity (Wildman–Crippen MR) is 121 cm³/mol. The van der Waals surface area contributed by atoms with Gasteiger partial charge in [-0.1, -0.05) is 36.4 Å². The minimum absolute atomic E-state index is 0.678. The smallest absolute Gasteiger partial charge is 0.164 e. The second kappa shape index (κ2) is 8.72. The van der Waals surface area contributed by atoms with Gasteiger partial charge < -0.3 is 19.5 Å². The fourth-order valence-electron chi connectivity index (χ4n) is 3.68. The minimum Gasteiger partial charge on any atom is -0.496 e. The van der Waals surface area contributed by atoms with Crippen molar-refractivity contribution in [3.63, 3.8) is 0 Å². The third-order valence-corrected chi connectivity index (χ3v) is 6.42. The highest BCUT2D eigenvalue weighted by atomic mass is 32.1. The molecule has 4 nitrogen and oxygen atoms in total. The Morgan fingerprint density at radius 3 is 2.28 bits per heavy atom. The maximum Gasteiger partial charge on any atom is 0.164 e. The molecular formula is C24H25NO3S. The predicted octanol–water partition coefficient (Wildman–Crippen LogP) is 5.41. The molecule has 29 heavy (non-hydrogen) atoms. The number of nitrogens with one attached hydrogen (secondary N) is 1. The Hall–Kier alpha value is -2.76. The van der Waals surface area contributed by atoms with Crippen LogP contribution in [0, 0.1) is 0 Å². The third-order valence-electron chi connectivity index (χ3n) is 5.16. The molecule has 1 aromatic heterocycles. The van der Waals surface area contributed by atoms with E-state index >= 15 is 0 Å². The Morgan fingerprint density at radius 1 is 0.759 bits per heavy atom. The zero-order valence-corrected chi connectivity index (χ0v) is 17.8. The molecule has 0 atom stereocenters. The molecule has 1 heterocycles. The normalized spacial score (nSPS) is 11.1. The van der Waals surface area contributed by atoms with Crippen molar-refractivity contribution in [2.75, 3.05) is 27.9 Å². The van der Waals surface area contributed by atoms with Crippen LogP contribution in [0.4, 0.5) is 0 Å². The fraction of sp³-hybridized carbons (Fsp3) is 0.250. The van der Waals surface area contributed by atoms with Crippen LogP contribution >= 0.6 is 11.3 Å². The molecule has 0 spiro atoms. The fourth-order valence-corrected chi connectivity index (χ4v) is 4.89. The van der Waals surface area contributed by atoms with E-state index in [9.17, 15) is 0 Å². The number of rotatable bonds is 8. The summed E-state index contributed by atoms with van der Waals surface area (Å²) in [5.41, 5.74) is 2.43. The van der Waals surface area contributed by atoms with Crippen molar-refractivity contribution >= 4 is 31.5 Å². The van der Waals surface area contributed by atoms with Gasteiger partial charge in [-0.15, -0.1) is 11.3 Å². The van der Waals surface area contributed by atoms with E-state index < -0.39 is 0 Å². The standard InChI is InChI=1S/C24H25NO3S/c1-26-20-14-22(28-3)21(27-2)13-16(20)11-12-25-15-17-7-6-9-19-18-8-4-5-10-23(18)29-24(17)19/h4-10,13-14,25H,11-12,15H2,1-3H3. The molecule has 0 saturated carbocycles. The van der Waals surface area contributed by atoms with Gasteiger partial charge >= 0.3 is 0 Å². The Kier molecular flexibility index (Phi) is 5.88. The number of hydrogen-bond acceptors (Lipinski definition) is 5. The molecule has 0 fully saturated rings. The van der Waals surface area contributed by atoms with Crippen LogP contribution in [0.15, 0.2) is 54.6 Å². The van der Waals surface area contributed by atoms with Crippen molar-refractivity contribution in [1.82, 2.24) is 5.32 Å². The summed E-state index contributed by atoms with van der Waals surface area (Å²) in [4.78, 5) is 0. The van der Waals surface area contributed by atoms with E-state index in [-0.39, 0.29) is 0 Å². The first-order valence-electron chi connectivity index (χ1n) is 9.64. The van der Waals surface area contributed by atoms with Gasteiger partial charge in [-0.2, -0.15) is 0 Å². The van der Waals surface area contributed by atoms with Crippen molar-refractivity contribution in [3.05, 3.63) is 65.7 Å². The van der Waals surface area contributed by atoms with E-state index in [2.05, 4.69) is 47.8 Å². The Labute approximate surface area is 175 Å².